The maximum Gasteiger partial charge on any atom is 0.191 e. The average molecular weight is 378 g/mol. The normalized spacial score (nSPS) is 11.7. The van der Waals surface area contributed by atoms with Gasteiger partial charge in [-0.1, -0.05) is 0 Å². The smallest absolute Gasteiger partial charge is 0.191 e. The van der Waals surface area contributed by atoms with E-state index in [0.29, 0.717) is 26.4 Å². The summed E-state index contributed by atoms with van der Waals surface area (Å²) in [7, 11) is 3.64. The Bertz CT molecular complexity index is 669. The lowest BCUT2D eigenvalue weighted by molar-refractivity contribution is 0.105. The van der Waals surface area contributed by atoms with Crippen LogP contribution in [0.4, 0.5) is 0 Å². The van der Waals surface area contributed by atoms with Crippen LogP contribution in [0.15, 0.2) is 27.8 Å². The Hall–Kier alpha value is -2.39. The second-order valence-electron chi connectivity index (χ2n) is 6.07. The van der Waals surface area contributed by atoms with E-state index >= 15 is 0 Å². The Morgan fingerprint density at radius 3 is 2.63 bits per heavy atom. The maximum absolute atomic E-state index is 5.59. The minimum atomic E-state index is 0.464. The third-order valence-electron chi connectivity index (χ3n) is 3.96. The number of furan rings is 1. The predicted octanol–water partition coefficient (Wildman–Crippen LogP) is 1.40. The fourth-order valence-electron chi connectivity index (χ4n) is 2.28. The summed E-state index contributed by atoms with van der Waals surface area (Å²) in [6.45, 7) is 5.78. The molecule has 9 heteroatoms. The van der Waals surface area contributed by atoms with Crippen molar-refractivity contribution in [3.05, 3.63) is 35.8 Å². The minimum absolute atomic E-state index is 0.464. The Kier molecular flexibility index (Phi) is 9.36. The van der Waals surface area contributed by atoms with E-state index in [2.05, 4.69) is 25.8 Å². The number of nitrogens with one attached hydrogen (secondary N) is 2. The van der Waals surface area contributed by atoms with Gasteiger partial charge in [-0.2, -0.15) is 0 Å². The van der Waals surface area contributed by atoms with Crippen LogP contribution in [-0.4, -0.2) is 54.1 Å². The summed E-state index contributed by atoms with van der Waals surface area (Å²) >= 11 is 0. The molecule has 0 amide bonds. The maximum atomic E-state index is 5.59. The van der Waals surface area contributed by atoms with Gasteiger partial charge in [-0.15, -0.1) is 10.2 Å². The molecule has 0 unspecified atom stereocenters. The molecule has 0 atom stereocenters. The minimum Gasteiger partial charge on any atom is -0.467 e. The number of aromatic nitrogens is 3. The number of hydrogen-bond acceptors (Lipinski definition) is 6. The molecule has 9 nitrogen and oxygen atoms in total. The predicted molar refractivity (Wildman–Crippen MR) is 102 cm³/mol. The molecule has 0 aliphatic heterocycles. The molecule has 150 valence electrons. The molecule has 0 radical (unpaired) electrons. The molecule has 0 aliphatic carbocycles. The van der Waals surface area contributed by atoms with Crippen molar-refractivity contribution < 1.29 is 13.9 Å². The molecule has 2 aromatic heterocycles. The summed E-state index contributed by atoms with van der Waals surface area (Å²) in [4.78, 5) is 4.60. The monoisotopic (exact) mass is 378 g/mol. The van der Waals surface area contributed by atoms with Crippen LogP contribution < -0.4 is 10.6 Å². The Morgan fingerprint density at radius 1 is 1.22 bits per heavy atom. The largest absolute Gasteiger partial charge is 0.467 e. The zero-order valence-electron chi connectivity index (χ0n) is 16.4. The lowest BCUT2D eigenvalue weighted by Gasteiger charge is -2.12. The number of ether oxygens (including phenoxy) is 2. The topological polar surface area (TPSA) is 98.7 Å². The van der Waals surface area contributed by atoms with Crippen molar-refractivity contribution in [1.82, 2.24) is 25.4 Å². The molecule has 0 fully saturated rings. The second-order valence-corrected chi connectivity index (χ2v) is 6.07. The van der Waals surface area contributed by atoms with E-state index in [0.717, 1.165) is 49.3 Å². The molecule has 2 N–H and O–H groups in total. The molecule has 0 aromatic carbocycles. The molecule has 2 heterocycles. The van der Waals surface area contributed by atoms with E-state index in [1.54, 1.807) is 13.4 Å². The zero-order chi connectivity index (χ0) is 19.3. The van der Waals surface area contributed by atoms with Gasteiger partial charge in [0.2, 0.25) is 0 Å². The zero-order valence-corrected chi connectivity index (χ0v) is 16.4. The molecule has 0 aliphatic rings. The van der Waals surface area contributed by atoms with Gasteiger partial charge in [0.15, 0.2) is 11.8 Å². The number of aryl methyl sites for hydroxylation is 1. The fraction of sp³-hybridized carbons (Fsp3) is 0.611. The first kappa shape index (κ1) is 20.9. The molecule has 2 aromatic rings. The van der Waals surface area contributed by atoms with Crippen molar-refractivity contribution in [1.29, 1.82) is 0 Å². The highest BCUT2D eigenvalue weighted by Crippen LogP contribution is 2.02. The third-order valence-corrected chi connectivity index (χ3v) is 3.96. The van der Waals surface area contributed by atoms with Gasteiger partial charge in [-0.25, -0.2) is 4.99 Å². The second kappa shape index (κ2) is 12.1. The summed E-state index contributed by atoms with van der Waals surface area (Å²) in [5, 5.41) is 14.8. The highest BCUT2D eigenvalue weighted by Gasteiger charge is 2.05. The van der Waals surface area contributed by atoms with Crippen LogP contribution in [-0.2, 0) is 29.7 Å². The van der Waals surface area contributed by atoms with Gasteiger partial charge in [0.25, 0.3) is 0 Å². The Morgan fingerprint density at radius 2 is 2.00 bits per heavy atom. The summed E-state index contributed by atoms with van der Waals surface area (Å²) in [5.41, 5.74) is 0. The van der Waals surface area contributed by atoms with Crippen molar-refractivity contribution in [2.45, 2.75) is 32.9 Å². The first-order valence-corrected chi connectivity index (χ1v) is 9.17. The lowest BCUT2D eigenvalue weighted by Crippen LogP contribution is -2.39. The standard InChI is InChI=1S/C18H30N6O3/c1-15-22-23-17(24(15)2)13-21-18(19-8-5-10-25-3)20-9-6-11-26-14-16-7-4-12-27-16/h4,7,12H,5-6,8-11,13-14H2,1-3H3,(H2,19,20,21). The molecule has 0 saturated heterocycles. The average Bonchev–Trinajstić information content (AvgIpc) is 3.30. The fourth-order valence-corrected chi connectivity index (χ4v) is 2.28. The van der Waals surface area contributed by atoms with Crippen LogP contribution in [0.5, 0.6) is 0 Å². The number of rotatable bonds is 12. The van der Waals surface area contributed by atoms with Gasteiger partial charge >= 0.3 is 0 Å². The van der Waals surface area contributed by atoms with Crippen LogP contribution in [0.25, 0.3) is 0 Å². The van der Waals surface area contributed by atoms with Gasteiger partial charge in [-0.3, -0.25) is 0 Å². The number of guanidine groups is 1. The number of aliphatic imine (C=N–C) groups is 1. The molecular formula is C18H30N6O3. The van der Waals surface area contributed by atoms with Crippen LogP contribution in [0.2, 0.25) is 0 Å². The molecule has 0 spiro atoms. The number of hydrogen-bond donors (Lipinski definition) is 2. The van der Waals surface area contributed by atoms with Crippen LogP contribution in [0, 0.1) is 6.92 Å². The first-order chi connectivity index (χ1) is 13.2. The molecule has 0 bridgehead atoms. The van der Waals surface area contributed by atoms with Crippen molar-refractivity contribution >= 4 is 5.96 Å². The highest BCUT2D eigenvalue weighted by atomic mass is 16.5. The van der Waals surface area contributed by atoms with E-state index in [-0.39, 0.29) is 0 Å². The molecular weight excluding hydrogens is 348 g/mol. The quantitative estimate of drug-likeness (QED) is 0.327. The summed E-state index contributed by atoms with van der Waals surface area (Å²) in [6, 6.07) is 3.76. The number of methoxy groups -OCH3 is 1. The van der Waals surface area contributed by atoms with E-state index in [9.17, 15) is 0 Å². The SMILES string of the molecule is COCCCNC(=NCc1nnc(C)n1C)NCCCOCc1ccco1. The molecule has 0 saturated carbocycles. The summed E-state index contributed by atoms with van der Waals surface area (Å²) < 4.78 is 17.8. The van der Waals surface area contributed by atoms with Crippen LogP contribution in [0.3, 0.4) is 0 Å². The molecule has 2 rings (SSSR count). The van der Waals surface area contributed by atoms with E-state index in [4.69, 9.17) is 13.9 Å². The van der Waals surface area contributed by atoms with Crippen molar-refractivity contribution in [3.8, 4) is 0 Å². The first-order valence-electron chi connectivity index (χ1n) is 9.17. The van der Waals surface area contributed by atoms with Crippen molar-refractivity contribution in [3.63, 3.8) is 0 Å². The third kappa shape index (κ3) is 7.79. The van der Waals surface area contributed by atoms with Crippen molar-refractivity contribution in [2.75, 3.05) is 33.4 Å². The Balaban J connectivity index is 1.73. The van der Waals surface area contributed by atoms with Gasteiger partial charge in [0, 0.05) is 40.5 Å². The van der Waals surface area contributed by atoms with Crippen LogP contribution in [0.1, 0.15) is 30.3 Å². The lowest BCUT2D eigenvalue weighted by atomic mass is 10.4. The van der Waals surface area contributed by atoms with E-state index in [1.807, 2.05) is 30.7 Å². The summed E-state index contributed by atoms with van der Waals surface area (Å²) in [6.07, 6.45) is 3.42. The number of nitrogens with zero attached hydrogens (tertiary/aromatic N) is 4. The van der Waals surface area contributed by atoms with Crippen LogP contribution >= 0.6 is 0 Å². The van der Waals surface area contributed by atoms with Gasteiger partial charge in [-0.05, 0) is 31.9 Å². The van der Waals surface area contributed by atoms with E-state index < -0.39 is 0 Å². The van der Waals surface area contributed by atoms with Gasteiger partial charge in [0.05, 0.1) is 6.26 Å². The molecule has 27 heavy (non-hydrogen) atoms. The van der Waals surface area contributed by atoms with Gasteiger partial charge < -0.3 is 29.1 Å². The van der Waals surface area contributed by atoms with Gasteiger partial charge in [0.1, 0.15) is 24.7 Å². The van der Waals surface area contributed by atoms with E-state index in [1.165, 1.54) is 0 Å². The van der Waals surface area contributed by atoms with Crippen molar-refractivity contribution in [2.24, 2.45) is 12.0 Å². The Labute approximate surface area is 160 Å². The summed E-state index contributed by atoms with van der Waals surface area (Å²) in [5.74, 6) is 3.28. The highest BCUT2D eigenvalue weighted by molar-refractivity contribution is 5.79.